The van der Waals surface area contributed by atoms with Crippen molar-refractivity contribution in [2.45, 2.75) is 42.0 Å². The van der Waals surface area contributed by atoms with Gasteiger partial charge < -0.3 is 30.3 Å². The van der Waals surface area contributed by atoms with E-state index in [0.717, 1.165) is 16.1 Å². The Labute approximate surface area is 251 Å². The third-order valence-electron chi connectivity index (χ3n) is 8.14. The van der Waals surface area contributed by atoms with E-state index in [1.807, 2.05) is 0 Å². The zero-order chi connectivity index (χ0) is 31.2. The number of ketones is 2. The Hall–Kier alpha value is -4.79. The summed E-state index contributed by atoms with van der Waals surface area (Å²) in [4.78, 5) is 63.6. The Kier molecular flexibility index (Phi) is 7.35. The second-order valence-electron chi connectivity index (χ2n) is 10.7. The van der Waals surface area contributed by atoms with Gasteiger partial charge in [-0.25, -0.2) is 4.99 Å². The summed E-state index contributed by atoms with van der Waals surface area (Å²) < 4.78 is 5.76. The van der Waals surface area contributed by atoms with Crippen LogP contribution in [0, 0.1) is 0 Å². The van der Waals surface area contributed by atoms with Crippen molar-refractivity contribution in [2.75, 3.05) is 6.61 Å². The third-order valence-corrected chi connectivity index (χ3v) is 8.14. The normalized spacial score (nSPS) is 31.0. The van der Waals surface area contributed by atoms with Gasteiger partial charge in [-0.2, -0.15) is 0 Å². The molecule has 226 valence electrons. The van der Waals surface area contributed by atoms with E-state index in [-0.39, 0.29) is 16.7 Å². The number of fused-ring (bicyclic) bond motifs is 1. The summed E-state index contributed by atoms with van der Waals surface area (Å²) in [7, 11) is 0. The minimum absolute atomic E-state index is 0.0569. The van der Waals surface area contributed by atoms with Gasteiger partial charge in [0.15, 0.2) is 12.4 Å². The molecule has 6 rings (SSSR count). The average molecular weight is 600 g/mol. The number of aliphatic imine (C=N–C) groups is 1. The van der Waals surface area contributed by atoms with Gasteiger partial charge in [0.05, 0.1) is 12.9 Å². The standard InChI is InChI=1S/C31H29N5O8/c32-31(25(41)19-12-6-2-7-13-19)34-28(43)30(24(40)18-10-4-1-5-11-18)29(36(31)26(42)20-14-8-3-9-15-20)35(17-33-30)27-23(39)22(38)21(16-37)44-27/h1-15,17,21-23,27,29,37-39H,16,32H2,(H,34,43)/t21-,22?,23?,27-,29?,30?,31?/m1/s1. The molecule has 3 heterocycles. The zero-order valence-corrected chi connectivity index (χ0v) is 23.1. The number of nitrogens with two attached hydrogens (primary N) is 1. The minimum Gasteiger partial charge on any atom is -0.394 e. The van der Waals surface area contributed by atoms with Crippen LogP contribution in [0.5, 0.6) is 0 Å². The SMILES string of the molecule is NC1(C(=O)c2ccccc2)NC(=O)C2(C(=O)c3ccccc3)N=CN([C@@H]3O[C@H](CO)C(O)C3O)C2N1C(=O)c1ccccc1. The number of hydrogen-bond donors (Lipinski definition) is 5. The molecule has 13 nitrogen and oxygen atoms in total. The molecule has 3 aromatic carbocycles. The predicted octanol–water partition coefficient (Wildman–Crippen LogP) is -0.515. The van der Waals surface area contributed by atoms with Crippen molar-refractivity contribution in [3.05, 3.63) is 108 Å². The van der Waals surface area contributed by atoms with Crippen molar-refractivity contribution in [1.82, 2.24) is 15.1 Å². The highest BCUT2D eigenvalue weighted by Gasteiger charge is 2.71. The Morgan fingerprint density at radius 3 is 1.89 bits per heavy atom. The fourth-order valence-electron chi connectivity index (χ4n) is 5.91. The van der Waals surface area contributed by atoms with Gasteiger partial charge in [0.25, 0.3) is 11.8 Å². The lowest BCUT2D eigenvalue weighted by molar-refractivity contribution is -0.152. The van der Waals surface area contributed by atoms with Crippen LogP contribution in [-0.2, 0) is 9.53 Å². The summed E-state index contributed by atoms with van der Waals surface area (Å²) in [6, 6.07) is 23.3. The summed E-state index contributed by atoms with van der Waals surface area (Å²) in [5, 5.41) is 33.8. The van der Waals surface area contributed by atoms with Gasteiger partial charge >= 0.3 is 0 Å². The lowest BCUT2D eigenvalue weighted by Crippen LogP contribution is -2.86. The molecule has 0 aromatic heterocycles. The molecule has 0 saturated carbocycles. The smallest absolute Gasteiger partial charge is 0.263 e. The number of aliphatic hydroxyl groups is 3. The number of ether oxygens (including phenoxy) is 1. The highest BCUT2D eigenvalue weighted by Crippen LogP contribution is 2.42. The van der Waals surface area contributed by atoms with Crippen molar-refractivity contribution in [3.8, 4) is 0 Å². The van der Waals surface area contributed by atoms with Crippen molar-refractivity contribution in [3.63, 3.8) is 0 Å². The van der Waals surface area contributed by atoms with Gasteiger partial charge in [-0.1, -0.05) is 78.9 Å². The van der Waals surface area contributed by atoms with E-state index >= 15 is 0 Å². The number of carbonyl (C=O) groups excluding carboxylic acids is 4. The molecule has 7 atom stereocenters. The number of Topliss-reactive ketones (excluding diaryl/α,β-unsaturated/α-hetero) is 2. The van der Waals surface area contributed by atoms with E-state index < -0.39 is 72.0 Å². The highest BCUT2D eigenvalue weighted by atomic mass is 16.6. The maximum absolute atomic E-state index is 14.5. The number of nitrogens with zero attached hydrogens (tertiary/aromatic N) is 3. The molecular formula is C31H29N5O8. The van der Waals surface area contributed by atoms with Gasteiger partial charge in [-0.3, -0.25) is 29.8 Å². The van der Waals surface area contributed by atoms with Crippen LogP contribution in [-0.4, -0.2) is 103 Å². The van der Waals surface area contributed by atoms with Crippen LogP contribution in [0.4, 0.5) is 0 Å². The molecular weight excluding hydrogens is 570 g/mol. The lowest BCUT2D eigenvalue weighted by atomic mass is 9.81. The molecule has 3 aliphatic rings. The molecule has 2 saturated heterocycles. The number of aliphatic hydroxyl groups excluding tert-OH is 3. The van der Waals surface area contributed by atoms with Crippen LogP contribution < -0.4 is 11.1 Å². The van der Waals surface area contributed by atoms with Gasteiger partial charge in [0, 0.05) is 16.7 Å². The molecule has 2 fully saturated rings. The largest absolute Gasteiger partial charge is 0.394 e. The second-order valence-corrected chi connectivity index (χ2v) is 10.7. The number of hydrogen-bond acceptors (Lipinski definition) is 11. The van der Waals surface area contributed by atoms with E-state index in [4.69, 9.17) is 10.5 Å². The van der Waals surface area contributed by atoms with Crippen LogP contribution in [0.1, 0.15) is 31.1 Å². The van der Waals surface area contributed by atoms with Crippen LogP contribution in [0.3, 0.4) is 0 Å². The Bertz CT molecular complexity index is 1620. The molecule has 13 heteroatoms. The first-order valence-corrected chi connectivity index (χ1v) is 13.8. The maximum atomic E-state index is 14.5. The van der Waals surface area contributed by atoms with E-state index in [0.29, 0.717) is 0 Å². The third kappa shape index (κ3) is 4.32. The van der Waals surface area contributed by atoms with Gasteiger partial charge in [-0.05, 0) is 12.1 Å². The molecule has 0 bridgehead atoms. The summed E-state index contributed by atoms with van der Waals surface area (Å²) in [5.41, 5.74) is 4.53. The zero-order valence-electron chi connectivity index (χ0n) is 23.1. The summed E-state index contributed by atoms with van der Waals surface area (Å²) in [6.07, 6.45) is -6.74. The topological polar surface area (TPSA) is 195 Å². The predicted molar refractivity (Wildman–Crippen MR) is 154 cm³/mol. The molecule has 44 heavy (non-hydrogen) atoms. The Balaban J connectivity index is 1.58. The highest BCUT2D eigenvalue weighted by molar-refractivity contribution is 6.23. The molecule has 2 amide bonds. The van der Waals surface area contributed by atoms with E-state index in [1.54, 1.807) is 54.6 Å². The van der Waals surface area contributed by atoms with Crippen molar-refractivity contribution in [2.24, 2.45) is 10.7 Å². The van der Waals surface area contributed by atoms with E-state index in [1.165, 1.54) is 36.4 Å². The molecule has 6 N–H and O–H groups in total. The molecule has 3 aliphatic heterocycles. The Morgan fingerprint density at radius 2 is 1.36 bits per heavy atom. The van der Waals surface area contributed by atoms with Crippen molar-refractivity contribution >= 4 is 29.7 Å². The molecule has 5 unspecified atom stereocenters. The quantitative estimate of drug-likeness (QED) is 0.174. The van der Waals surface area contributed by atoms with Gasteiger partial charge in [-0.15, -0.1) is 0 Å². The number of nitrogens with one attached hydrogen (secondary N) is 1. The Morgan fingerprint density at radius 1 is 0.841 bits per heavy atom. The fourth-order valence-corrected chi connectivity index (χ4v) is 5.91. The van der Waals surface area contributed by atoms with Crippen LogP contribution in [0.2, 0.25) is 0 Å². The number of carbonyl (C=O) groups is 4. The van der Waals surface area contributed by atoms with Crippen molar-refractivity contribution < 1.29 is 39.2 Å². The first-order valence-electron chi connectivity index (χ1n) is 13.8. The van der Waals surface area contributed by atoms with Gasteiger partial charge in [0.1, 0.15) is 18.3 Å². The minimum atomic E-state index is -2.57. The fraction of sp³-hybridized carbons (Fsp3) is 0.258. The first-order chi connectivity index (χ1) is 21.1. The first kappa shape index (κ1) is 29.3. The summed E-state index contributed by atoms with van der Waals surface area (Å²) >= 11 is 0. The number of rotatable bonds is 7. The summed E-state index contributed by atoms with van der Waals surface area (Å²) in [5.74, 6) is -6.20. The van der Waals surface area contributed by atoms with E-state index in [9.17, 15) is 34.5 Å². The number of amides is 2. The summed E-state index contributed by atoms with van der Waals surface area (Å²) in [6.45, 7) is -0.668. The molecule has 0 radical (unpaired) electrons. The van der Waals surface area contributed by atoms with Crippen molar-refractivity contribution in [1.29, 1.82) is 0 Å². The molecule has 0 aliphatic carbocycles. The number of benzene rings is 3. The molecule has 3 aromatic rings. The van der Waals surface area contributed by atoms with E-state index in [2.05, 4.69) is 10.3 Å². The lowest BCUT2D eigenvalue weighted by Gasteiger charge is -2.54. The van der Waals surface area contributed by atoms with Crippen LogP contribution in [0.15, 0.2) is 96.0 Å². The average Bonchev–Trinajstić information content (AvgIpc) is 3.59. The van der Waals surface area contributed by atoms with Crippen LogP contribution >= 0.6 is 0 Å². The molecule has 0 spiro atoms. The monoisotopic (exact) mass is 599 g/mol. The van der Waals surface area contributed by atoms with Crippen LogP contribution in [0.25, 0.3) is 0 Å². The van der Waals surface area contributed by atoms with Gasteiger partial charge in [0.2, 0.25) is 22.9 Å². The maximum Gasteiger partial charge on any atom is 0.263 e. The second kappa shape index (κ2) is 11.0.